The average Bonchev–Trinajstić information content (AvgIpc) is 2.59. The molecule has 1 aromatic heterocycles. The summed E-state index contributed by atoms with van der Waals surface area (Å²) in [6.45, 7) is 4.03. The lowest BCUT2D eigenvalue weighted by molar-refractivity contribution is 0.430. The molecule has 0 saturated heterocycles. The van der Waals surface area contributed by atoms with Crippen molar-refractivity contribution in [3.05, 3.63) is 35.5 Å². The third-order valence-electron chi connectivity index (χ3n) is 2.74. The van der Waals surface area contributed by atoms with Gasteiger partial charge in [0.1, 0.15) is 11.4 Å². The van der Waals surface area contributed by atoms with E-state index in [4.69, 9.17) is 10.5 Å². The molecule has 0 bridgehead atoms. The minimum atomic E-state index is 0.608. The van der Waals surface area contributed by atoms with E-state index in [1.165, 1.54) is 0 Å². The van der Waals surface area contributed by atoms with Crippen molar-refractivity contribution in [3.63, 3.8) is 0 Å². The predicted octanol–water partition coefficient (Wildman–Crippen LogP) is 2.67. The van der Waals surface area contributed by atoms with Gasteiger partial charge in [-0.3, -0.25) is 0 Å². The maximum absolute atomic E-state index is 6.00. The minimum Gasteiger partial charge on any atom is -0.437 e. The number of para-hydroxylation sites is 1. The molecule has 0 radical (unpaired) electrons. The highest BCUT2D eigenvalue weighted by Crippen LogP contribution is 2.31. The molecule has 2 aromatic rings. The van der Waals surface area contributed by atoms with Gasteiger partial charge in [0.15, 0.2) is 0 Å². The SMILES string of the molecule is CCc1nn(C)c(Oc2ccccc2C)c1N. The summed E-state index contributed by atoms with van der Waals surface area (Å²) < 4.78 is 7.51. The quantitative estimate of drug-likeness (QED) is 0.883. The average molecular weight is 231 g/mol. The van der Waals surface area contributed by atoms with Crippen molar-refractivity contribution in [1.29, 1.82) is 0 Å². The van der Waals surface area contributed by atoms with E-state index in [2.05, 4.69) is 5.10 Å². The Balaban J connectivity index is 2.37. The highest BCUT2D eigenvalue weighted by molar-refractivity contribution is 5.54. The van der Waals surface area contributed by atoms with Crippen molar-refractivity contribution < 1.29 is 4.74 Å². The van der Waals surface area contributed by atoms with Gasteiger partial charge in [0, 0.05) is 7.05 Å². The van der Waals surface area contributed by atoms with Crippen LogP contribution in [-0.2, 0) is 13.5 Å². The Bertz CT molecular complexity index is 531. The maximum Gasteiger partial charge on any atom is 0.241 e. The number of aryl methyl sites for hydroxylation is 3. The molecule has 0 unspecified atom stereocenters. The Morgan fingerprint density at radius 3 is 2.65 bits per heavy atom. The van der Waals surface area contributed by atoms with Crippen molar-refractivity contribution in [1.82, 2.24) is 9.78 Å². The monoisotopic (exact) mass is 231 g/mol. The number of hydrogen-bond donors (Lipinski definition) is 1. The largest absolute Gasteiger partial charge is 0.437 e. The van der Waals surface area contributed by atoms with Gasteiger partial charge in [0.25, 0.3) is 0 Å². The minimum absolute atomic E-state index is 0.608. The number of rotatable bonds is 3. The molecule has 90 valence electrons. The van der Waals surface area contributed by atoms with Crippen molar-refractivity contribution in [2.45, 2.75) is 20.3 Å². The number of benzene rings is 1. The number of nitrogens with zero attached hydrogens (tertiary/aromatic N) is 2. The van der Waals surface area contributed by atoms with Gasteiger partial charge in [-0.2, -0.15) is 5.10 Å². The van der Waals surface area contributed by atoms with E-state index < -0.39 is 0 Å². The molecule has 0 aliphatic carbocycles. The van der Waals surface area contributed by atoms with Gasteiger partial charge >= 0.3 is 0 Å². The Morgan fingerprint density at radius 2 is 2.06 bits per heavy atom. The normalized spacial score (nSPS) is 10.5. The lowest BCUT2D eigenvalue weighted by atomic mass is 10.2. The lowest BCUT2D eigenvalue weighted by Gasteiger charge is -2.08. The summed E-state index contributed by atoms with van der Waals surface area (Å²) >= 11 is 0. The molecule has 17 heavy (non-hydrogen) atoms. The van der Waals surface area contributed by atoms with Crippen LogP contribution in [-0.4, -0.2) is 9.78 Å². The second-order valence-electron chi connectivity index (χ2n) is 4.01. The molecule has 0 amide bonds. The standard InChI is InChI=1S/C13H17N3O/c1-4-10-12(14)13(16(3)15-10)17-11-8-6-5-7-9(11)2/h5-8H,4,14H2,1-3H3. The number of aromatic nitrogens is 2. The molecular formula is C13H17N3O. The van der Waals surface area contributed by atoms with E-state index in [0.29, 0.717) is 11.6 Å². The van der Waals surface area contributed by atoms with Crippen molar-refractivity contribution in [2.24, 2.45) is 7.05 Å². The Hall–Kier alpha value is -1.97. The van der Waals surface area contributed by atoms with Gasteiger partial charge in [-0.05, 0) is 25.0 Å². The first-order valence-electron chi connectivity index (χ1n) is 5.68. The van der Waals surface area contributed by atoms with Crippen LogP contribution in [0.3, 0.4) is 0 Å². The van der Waals surface area contributed by atoms with E-state index in [-0.39, 0.29) is 0 Å². The summed E-state index contributed by atoms with van der Waals surface area (Å²) in [7, 11) is 1.84. The lowest BCUT2D eigenvalue weighted by Crippen LogP contribution is -1.98. The highest BCUT2D eigenvalue weighted by Gasteiger charge is 2.14. The van der Waals surface area contributed by atoms with Crippen LogP contribution in [0.1, 0.15) is 18.2 Å². The van der Waals surface area contributed by atoms with Gasteiger partial charge in [0.05, 0.1) is 5.69 Å². The Morgan fingerprint density at radius 1 is 1.35 bits per heavy atom. The summed E-state index contributed by atoms with van der Waals surface area (Å²) in [5.41, 5.74) is 8.57. The van der Waals surface area contributed by atoms with Gasteiger partial charge in [-0.1, -0.05) is 25.1 Å². The molecule has 0 aliphatic rings. The summed E-state index contributed by atoms with van der Waals surface area (Å²) in [6.07, 6.45) is 0.802. The molecule has 0 spiro atoms. The van der Waals surface area contributed by atoms with Gasteiger partial charge in [-0.15, -0.1) is 0 Å². The third-order valence-corrected chi connectivity index (χ3v) is 2.74. The first-order chi connectivity index (χ1) is 8.13. The van der Waals surface area contributed by atoms with Gasteiger partial charge in [0.2, 0.25) is 5.88 Å². The number of nitrogens with two attached hydrogens (primary N) is 1. The Kier molecular flexibility index (Phi) is 3.04. The molecule has 1 aromatic carbocycles. The molecule has 2 rings (SSSR count). The number of anilines is 1. The molecule has 4 heteroatoms. The summed E-state index contributed by atoms with van der Waals surface area (Å²) in [5.74, 6) is 1.42. The fourth-order valence-corrected chi connectivity index (χ4v) is 1.74. The summed E-state index contributed by atoms with van der Waals surface area (Å²) in [4.78, 5) is 0. The smallest absolute Gasteiger partial charge is 0.241 e. The van der Waals surface area contributed by atoms with E-state index in [9.17, 15) is 0 Å². The van der Waals surface area contributed by atoms with Crippen molar-refractivity contribution >= 4 is 5.69 Å². The summed E-state index contributed by atoms with van der Waals surface area (Å²) in [5, 5.41) is 4.32. The van der Waals surface area contributed by atoms with E-state index in [1.54, 1.807) is 4.68 Å². The van der Waals surface area contributed by atoms with Crippen molar-refractivity contribution in [3.8, 4) is 11.6 Å². The highest BCUT2D eigenvalue weighted by atomic mass is 16.5. The molecule has 2 N–H and O–H groups in total. The number of hydrogen-bond acceptors (Lipinski definition) is 3. The first-order valence-corrected chi connectivity index (χ1v) is 5.68. The van der Waals surface area contributed by atoms with Gasteiger partial charge < -0.3 is 10.5 Å². The molecule has 0 aliphatic heterocycles. The first kappa shape index (κ1) is 11.5. The van der Waals surface area contributed by atoms with Crippen LogP contribution in [0.4, 0.5) is 5.69 Å². The molecule has 0 saturated carbocycles. The zero-order chi connectivity index (χ0) is 12.4. The molecule has 0 atom stereocenters. The van der Waals surface area contributed by atoms with Gasteiger partial charge in [-0.25, -0.2) is 4.68 Å². The number of nitrogen functional groups attached to an aromatic ring is 1. The predicted molar refractivity (Wildman–Crippen MR) is 68.3 cm³/mol. The second kappa shape index (κ2) is 4.49. The van der Waals surface area contributed by atoms with Crippen LogP contribution in [0.2, 0.25) is 0 Å². The van der Waals surface area contributed by atoms with E-state index >= 15 is 0 Å². The summed E-state index contributed by atoms with van der Waals surface area (Å²) in [6, 6.07) is 7.85. The molecule has 1 heterocycles. The topological polar surface area (TPSA) is 53.1 Å². The van der Waals surface area contributed by atoms with Crippen molar-refractivity contribution in [2.75, 3.05) is 5.73 Å². The number of ether oxygens (including phenoxy) is 1. The Labute approximate surface area is 101 Å². The van der Waals surface area contributed by atoms with E-state index in [0.717, 1.165) is 23.4 Å². The van der Waals surface area contributed by atoms with E-state index in [1.807, 2.05) is 45.2 Å². The van der Waals surface area contributed by atoms with Crippen LogP contribution in [0, 0.1) is 6.92 Å². The molecule has 0 fully saturated rings. The second-order valence-corrected chi connectivity index (χ2v) is 4.01. The molecular weight excluding hydrogens is 214 g/mol. The zero-order valence-corrected chi connectivity index (χ0v) is 10.4. The van der Waals surface area contributed by atoms with Crippen LogP contribution in [0.15, 0.2) is 24.3 Å². The fraction of sp³-hybridized carbons (Fsp3) is 0.308. The third kappa shape index (κ3) is 2.11. The maximum atomic E-state index is 6.00. The van der Waals surface area contributed by atoms with Crippen LogP contribution in [0.25, 0.3) is 0 Å². The van der Waals surface area contributed by atoms with Crippen LogP contribution < -0.4 is 10.5 Å². The zero-order valence-electron chi connectivity index (χ0n) is 10.4. The van der Waals surface area contributed by atoms with Crippen LogP contribution >= 0.6 is 0 Å². The fourth-order valence-electron chi connectivity index (χ4n) is 1.74. The van der Waals surface area contributed by atoms with Crippen LogP contribution in [0.5, 0.6) is 11.6 Å². The molecule has 4 nitrogen and oxygen atoms in total.